The Kier molecular flexibility index (Phi) is 4.14. The molecule has 116 valence electrons. The summed E-state index contributed by atoms with van der Waals surface area (Å²) in [5.74, 6) is 0.161. The molecule has 0 unspecified atom stereocenters. The topological polar surface area (TPSA) is 68.0 Å². The van der Waals surface area contributed by atoms with Crippen molar-refractivity contribution in [2.24, 2.45) is 0 Å². The largest absolute Gasteiger partial charge is 0.421 e. The summed E-state index contributed by atoms with van der Waals surface area (Å²) in [4.78, 5) is 12.1. The van der Waals surface area contributed by atoms with Gasteiger partial charge in [-0.05, 0) is 29.8 Å². The van der Waals surface area contributed by atoms with Crippen LogP contribution in [0, 0.1) is 12.7 Å². The summed E-state index contributed by atoms with van der Waals surface area (Å²) in [6, 6.07) is 13.3. The highest BCUT2D eigenvalue weighted by atomic mass is 19.1. The molecule has 0 bridgehead atoms. The Labute approximate surface area is 132 Å². The second kappa shape index (κ2) is 6.39. The Morgan fingerprint density at radius 3 is 2.74 bits per heavy atom. The third kappa shape index (κ3) is 3.60. The smallest absolute Gasteiger partial charge is 0.247 e. The van der Waals surface area contributed by atoms with Gasteiger partial charge in [0, 0.05) is 18.2 Å². The molecule has 6 heteroatoms. The summed E-state index contributed by atoms with van der Waals surface area (Å²) in [7, 11) is 0. The van der Waals surface area contributed by atoms with E-state index in [0.29, 0.717) is 28.6 Å². The number of aromatic nitrogens is 2. The van der Waals surface area contributed by atoms with Crippen LogP contribution in [-0.2, 0) is 11.2 Å². The van der Waals surface area contributed by atoms with Gasteiger partial charge in [-0.15, -0.1) is 10.2 Å². The van der Waals surface area contributed by atoms with Crippen LogP contribution in [0.15, 0.2) is 52.9 Å². The molecular weight excluding hydrogens is 297 g/mol. The van der Waals surface area contributed by atoms with Crippen molar-refractivity contribution in [3.05, 3.63) is 65.8 Å². The minimum Gasteiger partial charge on any atom is -0.421 e. The summed E-state index contributed by atoms with van der Waals surface area (Å²) in [6.07, 6.45) is -0.0312. The van der Waals surface area contributed by atoms with Crippen LogP contribution in [0.3, 0.4) is 0 Å². The third-order valence-electron chi connectivity index (χ3n) is 3.23. The minimum atomic E-state index is -0.391. The fourth-order valence-corrected chi connectivity index (χ4v) is 2.16. The summed E-state index contributed by atoms with van der Waals surface area (Å²) in [5.41, 5.74) is 1.64. The molecule has 23 heavy (non-hydrogen) atoms. The number of nitrogens with one attached hydrogen (secondary N) is 1. The second-order valence-corrected chi connectivity index (χ2v) is 5.02. The molecule has 2 aromatic carbocycles. The van der Waals surface area contributed by atoms with Crippen LogP contribution in [0.1, 0.15) is 11.5 Å². The summed E-state index contributed by atoms with van der Waals surface area (Å²) >= 11 is 0. The van der Waals surface area contributed by atoms with Gasteiger partial charge in [-0.1, -0.05) is 24.3 Å². The molecule has 0 saturated carbocycles. The maximum Gasteiger partial charge on any atom is 0.247 e. The number of amides is 1. The summed E-state index contributed by atoms with van der Waals surface area (Å²) in [5, 5.41) is 10.4. The number of hydrogen-bond acceptors (Lipinski definition) is 4. The molecule has 3 aromatic rings. The van der Waals surface area contributed by atoms with Gasteiger partial charge in [-0.2, -0.15) is 0 Å². The monoisotopic (exact) mass is 311 g/mol. The quantitative estimate of drug-likeness (QED) is 0.802. The van der Waals surface area contributed by atoms with E-state index in [2.05, 4.69) is 15.5 Å². The number of carbonyl (C=O) groups excluding carboxylic acids is 1. The Hall–Kier alpha value is -3.02. The van der Waals surface area contributed by atoms with Crippen molar-refractivity contribution in [3.8, 4) is 11.5 Å². The molecule has 0 fully saturated rings. The summed E-state index contributed by atoms with van der Waals surface area (Å²) < 4.78 is 18.9. The first-order valence-electron chi connectivity index (χ1n) is 7.05. The van der Waals surface area contributed by atoms with E-state index in [1.807, 2.05) is 0 Å². The van der Waals surface area contributed by atoms with E-state index in [1.165, 1.54) is 6.07 Å². The van der Waals surface area contributed by atoms with Gasteiger partial charge < -0.3 is 9.73 Å². The Bertz CT molecular complexity index is 845. The minimum absolute atomic E-state index is 0.0312. The third-order valence-corrected chi connectivity index (χ3v) is 3.23. The van der Waals surface area contributed by atoms with Gasteiger partial charge in [0.05, 0.1) is 6.42 Å². The van der Waals surface area contributed by atoms with Crippen molar-refractivity contribution in [1.29, 1.82) is 0 Å². The van der Waals surface area contributed by atoms with Gasteiger partial charge in [0.1, 0.15) is 5.82 Å². The van der Waals surface area contributed by atoms with Crippen LogP contribution in [0.25, 0.3) is 11.5 Å². The van der Waals surface area contributed by atoms with E-state index < -0.39 is 5.82 Å². The SMILES string of the molecule is Cc1nnc(-c2cccc(NC(=O)Cc3ccccc3F)c2)o1. The molecule has 5 nitrogen and oxygen atoms in total. The number of halogens is 1. The molecule has 3 rings (SSSR count). The van der Waals surface area contributed by atoms with E-state index in [1.54, 1.807) is 49.4 Å². The highest BCUT2D eigenvalue weighted by molar-refractivity contribution is 5.92. The zero-order valence-electron chi connectivity index (χ0n) is 12.4. The average Bonchev–Trinajstić information content (AvgIpc) is 2.96. The van der Waals surface area contributed by atoms with E-state index in [-0.39, 0.29) is 12.3 Å². The number of anilines is 1. The first-order chi connectivity index (χ1) is 11.1. The number of aryl methyl sites for hydroxylation is 1. The van der Waals surface area contributed by atoms with Gasteiger partial charge in [-0.25, -0.2) is 4.39 Å². The van der Waals surface area contributed by atoms with E-state index in [0.717, 1.165) is 0 Å². The normalized spacial score (nSPS) is 10.5. The maximum absolute atomic E-state index is 13.6. The van der Waals surface area contributed by atoms with Gasteiger partial charge in [0.2, 0.25) is 17.7 Å². The number of benzene rings is 2. The molecule has 0 spiro atoms. The van der Waals surface area contributed by atoms with Crippen LogP contribution in [0.5, 0.6) is 0 Å². The zero-order valence-corrected chi connectivity index (χ0v) is 12.4. The number of carbonyl (C=O) groups is 1. The lowest BCUT2D eigenvalue weighted by atomic mass is 10.1. The Morgan fingerprint density at radius 2 is 2.00 bits per heavy atom. The molecule has 1 heterocycles. The lowest BCUT2D eigenvalue weighted by Crippen LogP contribution is -2.15. The second-order valence-electron chi connectivity index (χ2n) is 5.02. The van der Waals surface area contributed by atoms with Crippen LogP contribution >= 0.6 is 0 Å². The van der Waals surface area contributed by atoms with Crippen LogP contribution in [0.2, 0.25) is 0 Å². The molecule has 0 aliphatic heterocycles. The van der Waals surface area contributed by atoms with Crippen LogP contribution in [0.4, 0.5) is 10.1 Å². The molecule has 0 aliphatic rings. The maximum atomic E-state index is 13.6. The predicted molar refractivity (Wildman–Crippen MR) is 83.2 cm³/mol. The lowest BCUT2D eigenvalue weighted by molar-refractivity contribution is -0.115. The van der Waals surface area contributed by atoms with E-state index >= 15 is 0 Å². The highest BCUT2D eigenvalue weighted by Crippen LogP contribution is 2.21. The Balaban J connectivity index is 1.73. The summed E-state index contributed by atoms with van der Waals surface area (Å²) in [6.45, 7) is 1.70. The first-order valence-corrected chi connectivity index (χ1v) is 7.05. The number of hydrogen-bond donors (Lipinski definition) is 1. The van der Waals surface area contributed by atoms with Gasteiger partial charge >= 0.3 is 0 Å². The van der Waals surface area contributed by atoms with Gasteiger partial charge in [-0.3, -0.25) is 4.79 Å². The lowest BCUT2D eigenvalue weighted by Gasteiger charge is -2.07. The molecular formula is C17H14FN3O2. The molecule has 1 amide bonds. The van der Waals surface area contributed by atoms with Crippen molar-refractivity contribution in [2.45, 2.75) is 13.3 Å². The molecule has 0 saturated heterocycles. The molecule has 1 aromatic heterocycles. The first kappa shape index (κ1) is 14.9. The fraction of sp³-hybridized carbons (Fsp3) is 0.118. The van der Waals surface area contributed by atoms with Crippen LogP contribution in [-0.4, -0.2) is 16.1 Å². The van der Waals surface area contributed by atoms with Crippen molar-refractivity contribution < 1.29 is 13.6 Å². The van der Waals surface area contributed by atoms with E-state index in [4.69, 9.17) is 4.42 Å². The van der Waals surface area contributed by atoms with Gasteiger partial charge in [0.15, 0.2) is 0 Å². The fourth-order valence-electron chi connectivity index (χ4n) is 2.16. The Morgan fingerprint density at radius 1 is 1.17 bits per heavy atom. The molecule has 1 N–H and O–H groups in total. The van der Waals surface area contributed by atoms with Crippen molar-refractivity contribution in [1.82, 2.24) is 10.2 Å². The van der Waals surface area contributed by atoms with Crippen molar-refractivity contribution >= 4 is 11.6 Å². The van der Waals surface area contributed by atoms with Crippen molar-refractivity contribution in [3.63, 3.8) is 0 Å². The average molecular weight is 311 g/mol. The number of nitrogens with zero attached hydrogens (tertiary/aromatic N) is 2. The molecule has 0 radical (unpaired) electrons. The van der Waals surface area contributed by atoms with Crippen LogP contribution < -0.4 is 5.32 Å². The van der Waals surface area contributed by atoms with Gasteiger partial charge in [0.25, 0.3) is 0 Å². The molecule has 0 aliphatic carbocycles. The molecule has 0 atom stereocenters. The van der Waals surface area contributed by atoms with Crippen molar-refractivity contribution in [2.75, 3.05) is 5.32 Å². The van der Waals surface area contributed by atoms with E-state index in [9.17, 15) is 9.18 Å². The highest BCUT2D eigenvalue weighted by Gasteiger charge is 2.10. The standard InChI is InChI=1S/C17H14FN3O2/c1-11-20-21-17(23-11)13-6-4-7-14(9-13)19-16(22)10-12-5-2-3-8-15(12)18/h2-9H,10H2,1H3,(H,19,22). The predicted octanol–water partition coefficient (Wildman–Crippen LogP) is 3.37. The number of rotatable bonds is 4. The zero-order chi connectivity index (χ0) is 16.2.